The Labute approximate surface area is 176 Å². The van der Waals surface area contributed by atoms with Crippen molar-refractivity contribution in [3.8, 4) is 0 Å². The highest BCUT2D eigenvalue weighted by Crippen LogP contribution is 2.41. The number of aromatic nitrogens is 4. The molecule has 0 aromatic carbocycles. The standard InChI is InChI=1S/C20H23N5O2S2/c1-13-3-4-16(29-13)10-23-7-5-20(12-23)6-8-24-17(26)18(27)25(22-19(20)24)9-15-11-28-14(2)21-15/h3-4,11H,5-10,12H2,1-2H3/t20-/m0/s1. The van der Waals surface area contributed by atoms with E-state index in [1.54, 1.807) is 4.57 Å². The van der Waals surface area contributed by atoms with Crippen molar-refractivity contribution in [2.24, 2.45) is 0 Å². The topological polar surface area (TPSA) is 73.0 Å². The Morgan fingerprint density at radius 1 is 1.10 bits per heavy atom. The van der Waals surface area contributed by atoms with Gasteiger partial charge in [-0.3, -0.25) is 19.1 Å². The predicted octanol–water partition coefficient (Wildman–Crippen LogP) is 2.14. The fourth-order valence-electron chi connectivity index (χ4n) is 4.58. The molecule has 7 nitrogen and oxygen atoms in total. The van der Waals surface area contributed by atoms with Gasteiger partial charge in [0.1, 0.15) is 5.82 Å². The number of thiazole rings is 1. The van der Waals surface area contributed by atoms with Crippen molar-refractivity contribution in [1.29, 1.82) is 0 Å². The largest absolute Gasteiger partial charge is 0.332 e. The summed E-state index contributed by atoms with van der Waals surface area (Å²) in [7, 11) is 0. The van der Waals surface area contributed by atoms with Gasteiger partial charge in [-0.2, -0.15) is 5.10 Å². The number of nitrogens with zero attached hydrogens (tertiary/aromatic N) is 5. The Balaban J connectivity index is 1.45. The van der Waals surface area contributed by atoms with Gasteiger partial charge in [-0.15, -0.1) is 22.7 Å². The average molecular weight is 430 g/mol. The van der Waals surface area contributed by atoms with Crippen LogP contribution < -0.4 is 11.1 Å². The van der Waals surface area contributed by atoms with Crippen LogP contribution in [-0.2, 0) is 25.0 Å². The molecule has 0 saturated carbocycles. The van der Waals surface area contributed by atoms with E-state index in [1.165, 1.54) is 25.8 Å². The molecule has 1 atom stereocenters. The molecule has 2 aliphatic rings. The minimum absolute atomic E-state index is 0.140. The lowest BCUT2D eigenvalue weighted by Gasteiger charge is -2.23. The minimum atomic E-state index is -0.555. The Morgan fingerprint density at radius 3 is 2.66 bits per heavy atom. The minimum Gasteiger partial charge on any atom is -0.297 e. The Hall–Kier alpha value is -2.10. The van der Waals surface area contributed by atoms with Crippen LogP contribution in [0.3, 0.4) is 0 Å². The smallest absolute Gasteiger partial charge is 0.297 e. The fraction of sp³-hybridized carbons (Fsp3) is 0.500. The summed E-state index contributed by atoms with van der Waals surface area (Å²) in [4.78, 5) is 34.9. The average Bonchev–Trinajstić information content (AvgIpc) is 3.45. The van der Waals surface area contributed by atoms with Gasteiger partial charge in [0.25, 0.3) is 0 Å². The van der Waals surface area contributed by atoms with E-state index in [0.717, 1.165) is 49.0 Å². The van der Waals surface area contributed by atoms with Gasteiger partial charge < -0.3 is 0 Å². The molecule has 0 bridgehead atoms. The Bertz CT molecular complexity index is 1190. The maximum Gasteiger partial charge on any atom is 0.332 e. The molecular weight excluding hydrogens is 406 g/mol. The first-order chi connectivity index (χ1) is 13.9. The van der Waals surface area contributed by atoms with E-state index in [2.05, 4.69) is 28.9 Å². The first-order valence-electron chi connectivity index (χ1n) is 9.85. The molecule has 0 amide bonds. The van der Waals surface area contributed by atoms with Crippen LogP contribution in [0.2, 0.25) is 0 Å². The summed E-state index contributed by atoms with van der Waals surface area (Å²) in [6.45, 7) is 7.69. The lowest BCUT2D eigenvalue weighted by Crippen LogP contribution is -2.45. The summed E-state index contributed by atoms with van der Waals surface area (Å²) in [5, 5.41) is 7.57. The predicted molar refractivity (Wildman–Crippen MR) is 114 cm³/mol. The van der Waals surface area contributed by atoms with E-state index in [1.807, 2.05) is 23.6 Å². The van der Waals surface area contributed by atoms with Crippen molar-refractivity contribution in [1.82, 2.24) is 24.2 Å². The number of rotatable bonds is 4. The third-order valence-corrected chi connectivity index (χ3v) is 7.82. The molecule has 152 valence electrons. The summed E-state index contributed by atoms with van der Waals surface area (Å²) in [6.07, 6.45) is 1.84. The van der Waals surface area contributed by atoms with E-state index in [9.17, 15) is 9.59 Å². The maximum atomic E-state index is 12.8. The van der Waals surface area contributed by atoms with E-state index < -0.39 is 11.1 Å². The van der Waals surface area contributed by atoms with Gasteiger partial charge in [0.05, 0.1) is 17.2 Å². The highest BCUT2D eigenvalue weighted by Gasteiger charge is 2.47. The molecule has 0 unspecified atom stereocenters. The highest BCUT2D eigenvalue weighted by molar-refractivity contribution is 7.11. The van der Waals surface area contributed by atoms with Gasteiger partial charge in [0, 0.05) is 40.2 Å². The normalized spacial score (nSPS) is 21.3. The quantitative estimate of drug-likeness (QED) is 0.594. The second-order valence-electron chi connectivity index (χ2n) is 8.10. The molecule has 0 aliphatic carbocycles. The molecular formula is C20H23N5O2S2. The number of fused-ring (bicyclic) bond motifs is 2. The maximum absolute atomic E-state index is 12.8. The van der Waals surface area contributed by atoms with Gasteiger partial charge >= 0.3 is 11.1 Å². The van der Waals surface area contributed by atoms with Crippen LogP contribution in [0.1, 0.15) is 39.1 Å². The molecule has 1 fully saturated rings. The summed E-state index contributed by atoms with van der Waals surface area (Å²) in [5.41, 5.74) is -0.370. The molecule has 29 heavy (non-hydrogen) atoms. The molecule has 2 aliphatic heterocycles. The lowest BCUT2D eigenvalue weighted by atomic mass is 9.85. The Kier molecular flexibility index (Phi) is 4.56. The van der Waals surface area contributed by atoms with Gasteiger partial charge in [0.15, 0.2) is 0 Å². The van der Waals surface area contributed by atoms with Crippen LogP contribution in [0.5, 0.6) is 0 Å². The van der Waals surface area contributed by atoms with E-state index in [-0.39, 0.29) is 12.0 Å². The SMILES string of the molecule is Cc1ccc(CN2CC[C@]3(CCn4c3nn(Cc3csc(C)n3)c(=O)c4=O)C2)s1. The summed E-state index contributed by atoms with van der Waals surface area (Å²) < 4.78 is 2.94. The number of likely N-dealkylation sites (tertiary alicyclic amines) is 1. The second kappa shape index (κ2) is 7.00. The highest BCUT2D eigenvalue weighted by atomic mass is 32.1. The molecule has 3 aromatic rings. The Morgan fingerprint density at radius 2 is 1.93 bits per heavy atom. The first-order valence-corrected chi connectivity index (χ1v) is 11.5. The molecule has 9 heteroatoms. The van der Waals surface area contributed by atoms with E-state index >= 15 is 0 Å². The molecule has 5 heterocycles. The zero-order chi connectivity index (χ0) is 20.2. The fourth-order valence-corrected chi connectivity index (χ4v) is 6.12. The second-order valence-corrected chi connectivity index (χ2v) is 10.5. The van der Waals surface area contributed by atoms with Crippen molar-refractivity contribution in [2.45, 2.75) is 51.7 Å². The first kappa shape index (κ1) is 18.9. The lowest BCUT2D eigenvalue weighted by molar-refractivity contribution is 0.300. The van der Waals surface area contributed by atoms with Crippen molar-refractivity contribution in [3.63, 3.8) is 0 Å². The number of hydrogen-bond acceptors (Lipinski definition) is 7. The van der Waals surface area contributed by atoms with Gasteiger partial charge in [-0.05, 0) is 45.4 Å². The zero-order valence-corrected chi connectivity index (χ0v) is 18.2. The third kappa shape index (κ3) is 3.31. The molecule has 1 spiro atoms. The molecule has 5 rings (SSSR count). The molecule has 3 aromatic heterocycles. The van der Waals surface area contributed by atoms with Crippen LogP contribution in [0.25, 0.3) is 0 Å². The van der Waals surface area contributed by atoms with Crippen LogP contribution in [0.4, 0.5) is 0 Å². The van der Waals surface area contributed by atoms with Gasteiger partial charge in [-0.25, -0.2) is 9.67 Å². The number of aryl methyl sites for hydroxylation is 2. The van der Waals surface area contributed by atoms with E-state index in [4.69, 9.17) is 5.10 Å². The summed E-state index contributed by atoms with van der Waals surface area (Å²) in [5.74, 6) is 0.777. The van der Waals surface area contributed by atoms with Crippen molar-refractivity contribution < 1.29 is 0 Å². The van der Waals surface area contributed by atoms with Crippen molar-refractivity contribution in [2.75, 3.05) is 13.1 Å². The summed E-state index contributed by atoms with van der Waals surface area (Å²) >= 11 is 3.37. The zero-order valence-electron chi connectivity index (χ0n) is 16.6. The molecule has 1 saturated heterocycles. The van der Waals surface area contributed by atoms with Gasteiger partial charge in [-0.1, -0.05) is 0 Å². The number of thiophene rings is 1. The van der Waals surface area contributed by atoms with Crippen LogP contribution in [0, 0.1) is 13.8 Å². The van der Waals surface area contributed by atoms with Crippen molar-refractivity contribution in [3.05, 3.63) is 64.5 Å². The molecule has 0 radical (unpaired) electrons. The van der Waals surface area contributed by atoms with Crippen LogP contribution in [0.15, 0.2) is 27.1 Å². The van der Waals surface area contributed by atoms with E-state index in [0.29, 0.717) is 6.54 Å². The van der Waals surface area contributed by atoms with Crippen LogP contribution >= 0.6 is 22.7 Å². The van der Waals surface area contributed by atoms with Gasteiger partial charge in [0.2, 0.25) is 0 Å². The van der Waals surface area contributed by atoms with Crippen LogP contribution in [-0.4, -0.2) is 37.3 Å². The number of hydrogen-bond donors (Lipinski definition) is 0. The summed E-state index contributed by atoms with van der Waals surface area (Å²) in [6, 6.07) is 4.36. The third-order valence-electron chi connectivity index (χ3n) is 6.01. The molecule has 0 N–H and O–H groups in total. The van der Waals surface area contributed by atoms with Crippen molar-refractivity contribution >= 4 is 22.7 Å². The monoisotopic (exact) mass is 429 g/mol.